The molecule has 2 heterocycles. The van der Waals surface area contributed by atoms with Gasteiger partial charge in [0.05, 0.1) is 5.69 Å². The predicted molar refractivity (Wildman–Crippen MR) is 128 cm³/mol. The highest BCUT2D eigenvalue weighted by Gasteiger charge is 2.19. The van der Waals surface area contributed by atoms with Crippen LogP contribution in [0.5, 0.6) is 0 Å². The van der Waals surface area contributed by atoms with Gasteiger partial charge < -0.3 is 4.42 Å². The zero-order valence-electron chi connectivity index (χ0n) is 17.6. The second-order valence-electron chi connectivity index (χ2n) is 8.64. The summed E-state index contributed by atoms with van der Waals surface area (Å²) in [6.07, 6.45) is 8.59. The predicted octanol–water partition coefficient (Wildman–Crippen LogP) is 8.36. The van der Waals surface area contributed by atoms with Crippen molar-refractivity contribution in [1.29, 1.82) is 0 Å². The molecule has 0 saturated heterocycles. The Bertz CT molecular complexity index is 1360. The van der Waals surface area contributed by atoms with E-state index in [1.807, 2.05) is 12.3 Å². The number of hydrogen-bond acceptors (Lipinski definition) is 2. The van der Waals surface area contributed by atoms with E-state index >= 15 is 0 Å². The van der Waals surface area contributed by atoms with Crippen LogP contribution in [-0.4, -0.2) is 4.98 Å². The van der Waals surface area contributed by atoms with E-state index in [0.717, 1.165) is 38.8 Å². The number of benzene rings is 3. The van der Waals surface area contributed by atoms with Crippen LogP contribution in [0.3, 0.4) is 0 Å². The van der Waals surface area contributed by atoms with Gasteiger partial charge in [0, 0.05) is 28.1 Å². The summed E-state index contributed by atoms with van der Waals surface area (Å²) in [4.78, 5) is 4.75. The number of fused-ring (bicyclic) bond motifs is 3. The SMILES string of the molecule is c1ccc(-c2cccc3c2oc2c(-c4cc(C5CCCCC5)ccn4)cccc23)cc1. The van der Waals surface area contributed by atoms with Gasteiger partial charge in [-0.05, 0) is 48.1 Å². The summed E-state index contributed by atoms with van der Waals surface area (Å²) >= 11 is 0. The molecule has 0 spiro atoms. The van der Waals surface area contributed by atoms with E-state index in [4.69, 9.17) is 9.40 Å². The molecule has 2 aromatic heterocycles. The highest BCUT2D eigenvalue weighted by atomic mass is 16.3. The van der Waals surface area contributed by atoms with Crippen molar-refractivity contribution in [1.82, 2.24) is 4.98 Å². The third-order valence-corrected chi connectivity index (χ3v) is 6.75. The Kier molecular flexibility index (Phi) is 4.57. The zero-order valence-corrected chi connectivity index (χ0v) is 17.6. The van der Waals surface area contributed by atoms with Gasteiger partial charge in [0.1, 0.15) is 11.2 Å². The molecule has 1 saturated carbocycles. The van der Waals surface area contributed by atoms with Gasteiger partial charge in [-0.2, -0.15) is 0 Å². The molecule has 0 bridgehead atoms. The van der Waals surface area contributed by atoms with Gasteiger partial charge in [0.15, 0.2) is 0 Å². The minimum atomic E-state index is 0.662. The topological polar surface area (TPSA) is 26.0 Å². The van der Waals surface area contributed by atoms with Crippen LogP contribution in [0.1, 0.15) is 43.6 Å². The summed E-state index contributed by atoms with van der Waals surface area (Å²) < 4.78 is 6.57. The molecule has 0 amide bonds. The highest BCUT2D eigenvalue weighted by molar-refractivity contribution is 6.12. The average molecular weight is 404 g/mol. The van der Waals surface area contributed by atoms with Gasteiger partial charge >= 0.3 is 0 Å². The molecule has 1 fully saturated rings. The maximum atomic E-state index is 6.57. The number of nitrogens with zero attached hydrogens (tertiary/aromatic N) is 1. The van der Waals surface area contributed by atoms with Crippen molar-refractivity contribution < 1.29 is 4.42 Å². The van der Waals surface area contributed by atoms with E-state index in [0.29, 0.717) is 5.92 Å². The number of furan rings is 1. The van der Waals surface area contributed by atoms with Crippen LogP contribution in [0.2, 0.25) is 0 Å². The number of pyridine rings is 1. The Balaban J connectivity index is 1.52. The molecular weight excluding hydrogens is 378 g/mol. The Labute approximate surface area is 182 Å². The Morgan fingerprint density at radius 1 is 0.677 bits per heavy atom. The minimum absolute atomic E-state index is 0.662. The third-order valence-electron chi connectivity index (χ3n) is 6.75. The standard InChI is InChI=1S/C29H25NO/c1-3-9-20(10-4-1)22-17-18-30-27(19-22)26-16-8-15-25-24-14-7-13-23(28(24)31-29(25)26)21-11-5-2-6-12-21/h2,5-8,11-20H,1,3-4,9-10H2. The maximum Gasteiger partial charge on any atom is 0.144 e. The van der Waals surface area contributed by atoms with Gasteiger partial charge in [0.2, 0.25) is 0 Å². The zero-order chi connectivity index (χ0) is 20.6. The van der Waals surface area contributed by atoms with Crippen LogP contribution in [0.15, 0.2) is 89.5 Å². The lowest BCUT2D eigenvalue weighted by Crippen LogP contribution is -2.04. The smallest absolute Gasteiger partial charge is 0.144 e. The number of hydrogen-bond donors (Lipinski definition) is 0. The van der Waals surface area contributed by atoms with E-state index in [9.17, 15) is 0 Å². The first kappa shape index (κ1) is 18.4. The molecule has 0 unspecified atom stereocenters. The molecule has 0 aliphatic heterocycles. The summed E-state index contributed by atoms with van der Waals surface area (Å²) in [5.74, 6) is 0.662. The van der Waals surface area contributed by atoms with Crippen molar-refractivity contribution in [2.45, 2.75) is 38.0 Å². The highest BCUT2D eigenvalue weighted by Crippen LogP contribution is 2.40. The summed E-state index contributed by atoms with van der Waals surface area (Å²) in [5.41, 5.74) is 7.67. The van der Waals surface area contributed by atoms with Crippen molar-refractivity contribution in [3.63, 3.8) is 0 Å². The fourth-order valence-corrected chi connectivity index (χ4v) is 5.15. The number of para-hydroxylation sites is 2. The molecule has 1 aliphatic carbocycles. The average Bonchev–Trinajstić information content (AvgIpc) is 3.24. The van der Waals surface area contributed by atoms with Gasteiger partial charge in [0.25, 0.3) is 0 Å². The first-order chi connectivity index (χ1) is 15.4. The molecular formula is C29H25NO. The molecule has 152 valence electrons. The van der Waals surface area contributed by atoms with E-state index in [-0.39, 0.29) is 0 Å². The third kappa shape index (κ3) is 3.23. The van der Waals surface area contributed by atoms with Crippen molar-refractivity contribution in [2.24, 2.45) is 0 Å². The fourth-order valence-electron chi connectivity index (χ4n) is 5.15. The Morgan fingerprint density at radius 3 is 2.16 bits per heavy atom. The van der Waals surface area contributed by atoms with E-state index < -0.39 is 0 Å². The first-order valence-corrected chi connectivity index (χ1v) is 11.3. The first-order valence-electron chi connectivity index (χ1n) is 11.3. The molecule has 5 aromatic rings. The van der Waals surface area contributed by atoms with Crippen LogP contribution in [0, 0.1) is 0 Å². The quantitative estimate of drug-likeness (QED) is 0.302. The van der Waals surface area contributed by atoms with Crippen LogP contribution in [0.4, 0.5) is 0 Å². The second-order valence-corrected chi connectivity index (χ2v) is 8.64. The minimum Gasteiger partial charge on any atom is -0.455 e. The number of aromatic nitrogens is 1. The van der Waals surface area contributed by atoms with Gasteiger partial charge in [-0.1, -0.05) is 79.9 Å². The van der Waals surface area contributed by atoms with E-state index in [2.05, 4.69) is 72.8 Å². The molecule has 0 N–H and O–H groups in total. The Morgan fingerprint density at radius 2 is 1.39 bits per heavy atom. The lowest BCUT2D eigenvalue weighted by atomic mass is 9.84. The van der Waals surface area contributed by atoms with Crippen molar-refractivity contribution in [3.8, 4) is 22.4 Å². The summed E-state index contributed by atoms with van der Waals surface area (Å²) in [6, 6.07) is 27.8. The second kappa shape index (κ2) is 7.70. The van der Waals surface area contributed by atoms with E-state index in [1.54, 1.807) is 0 Å². The molecule has 0 radical (unpaired) electrons. The van der Waals surface area contributed by atoms with Crippen LogP contribution >= 0.6 is 0 Å². The largest absolute Gasteiger partial charge is 0.455 e. The fraction of sp³-hybridized carbons (Fsp3) is 0.207. The van der Waals surface area contributed by atoms with Gasteiger partial charge in [-0.15, -0.1) is 0 Å². The summed E-state index contributed by atoms with van der Waals surface area (Å²) in [5, 5.41) is 2.30. The van der Waals surface area contributed by atoms with Gasteiger partial charge in [-0.3, -0.25) is 4.98 Å². The monoisotopic (exact) mass is 403 g/mol. The molecule has 2 nitrogen and oxygen atoms in total. The van der Waals surface area contributed by atoms with Gasteiger partial charge in [-0.25, -0.2) is 0 Å². The van der Waals surface area contributed by atoms with E-state index in [1.165, 1.54) is 43.2 Å². The normalized spacial score (nSPS) is 15.0. The van der Waals surface area contributed by atoms with Crippen LogP contribution in [0.25, 0.3) is 44.3 Å². The molecule has 1 aliphatic rings. The Hall–Kier alpha value is -3.39. The summed E-state index contributed by atoms with van der Waals surface area (Å²) in [6.45, 7) is 0. The lowest BCUT2D eigenvalue weighted by Gasteiger charge is -2.22. The van der Waals surface area contributed by atoms with Crippen molar-refractivity contribution >= 4 is 21.9 Å². The van der Waals surface area contributed by atoms with Crippen LogP contribution in [-0.2, 0) is 0 Å². The molecule has 2 heteroatoms. The molecule has 0 atom stereocenters. The summed E-state index contributed by atoms with van der Waals surface area (Å²) in [7, 11) is 0. The molecule has 3 aromatic carbocycles. The van der Waals surface area contributed by atoms with Crippen LogP contribution < -0.4 is 0 Å². The number of rotatable bonds is 3. The molecule has 6 rings (SSSR count). The maximum absolute atomic E-state index is 6.57. The van der Waals surface area contributed by atoms with Crippen molar-refractivity contribution in [3.05, 3.63) is 90.6 Å². The lowest BCUT2D eigenvalue weighted by molar-refractivity contribution is 0.443. The van der Waals surface area contributed by atoms with Crippen molar-refractivity contribution in [2.75, 3.05) is 0 Å². The molecule has 31 heavy (non-hydrogen) atoms.